The second kappa shape index (κ2) is 5.75. The van der Waals surface area contributed by atoms with Gasteiger partial charge in [0.25, 0.3) is 0 Å². The van der Waals surface area contributed by atoms with E-state index in [-0.39, 0.29) is 5.78 Å². The fourth-order valence-corrected chi connectivity index (χ4v) is 3.07. The van der Waals surface area contributed by atoms with Crippen LogP contribution in [0.5, 0.6) is 0 Å². The first-order valence-corrected chi connectivity index (χ1v) is 7.05. The minimum Gasteiger partial charge on any atom is -0.291 e. The zero-order chi connectivity index (χ0) is 14.0. The number of carbonyl (C=O) groups excluding carboxylic acids is 1. The second-order valence-electron chi connectivity index (χ2n) is 4.00. The number of Topliss-reactive ketones (excluding diaryl/α,β-unsaturated/α-hetero) is 1. The molecular formula is C14H9Cl2NOS. The van der Waals surface area contributed by atoms with Gasteiger partial charge in [-0.3, -0.25) is 4.79 Å². The highest BCUT2D eigenvalue weighted by Gasteiger charge is 2.25. The van der Waals surface area contributed by atoms with Gasteiger partial charge < -0.3 is 0 Å². The highest BCUT2D eigenvalue weighted by Crippen LogP contribution is 2.31. The molecule has 0 spiro atoms. The zero-order valence-electron chi connectivity index (χ0n) is 9.98. The van der Waals surface area contributed by atoms with Gasteiger partial charge in [-0.15, -0.1) is 11.3 Å². The topological polar surface area (TPSA) is 40.9 Å². The Morgan fingerprint density at radius 3 is 2.58 bits per heavy atom. The number of aryl methyl sites for hydroxylation is 1. The van der Waals surface area contributed by atoms with E-state index < -0.39 is 5.92 Å². The molecule has 1 heterocycles. The first-order chi connectivity index (χ1) is 9.02. The van der Waals surface area contributed by atoms with Crippen LogP contribution in [-0.4, -0.2) is 5.78 Å². The standard InChI is InChI=1S/C14H9Cl2NOS/c1-8-2-5-13(19-8)14(18)11(7-17)10-4-3-9(15)6-12(10)16/h2-6,11H,1H3. The Bertz CT molecular complexity index is 672. The molecule has 96 valence electrons. The Morgan fingerprint density at radius 1 is 1.32 bits per heavy atom. The summed E-state index contributed by atoms with van der Waals surface area (Å²) in [5.41, 5.74) is 0.490. The molecule has 0 radical (unpaired) electrons. The van der Waals surface area contributed by atoms with Gasteiger partial charge in [0, 0.05) is 14.9 Å². The molecule has 0 N–H and O–H groups in total. The average Bonchev–Trinajstić information content (AvgIpc) is 2.79. The maximum absolute atomic E-state index is 12.3. The highest BCUT2D eigenvalue weighted by molar-refractivity contribution is 7.14. The summed E-state index contributed by atoms with van der Waals surface area (Å²) >= 11 is 13.2. The highest BCUT2D eigenvalue weighted by atomic mass is 35.5. The molecular weight excluding hydrogens is 301 g/mol. The molecule has 0 aliphatic heterocycles. The molecule has 5 heteroatoms. The molecule has 0 fully saturated rings. The summed E-state index contributed by atoms with van der Waals surface area (Å²) in [6.45, 7) is 1.91. The van der Waals surface area contributed by atoms with Crippen molar-refractivity contribution in [1.82, 2.24) is 0 Å². The first kappa shape index (κ1) is 14.1. The number of benzene rings is 1. The average molecular weight is 310 g/mol. The maximum atomic E-state index is 12.3. The van der Waals surface area contributed by atoms with Gasteiger partial charge in [0.15, 0.2) is 5.78 Å². The van der Waals surface area contributed by atoms with Gasteiger partial charge in [0.1, 0.15) is 5.92 Å². The SMILES string of the molecule is Cc1ccc(C(=O)C(C#N)c2ccc(Cl)cc2Cl)s1. The Balaban J connectivity index is 2.40. The third-order valence-electron chi connectivity index (χ3n) is 2.65. The smallest absolute Gasteiger partial charge is 0.194 e. The van der Waals surface area contributed by atoms with Gasteiger partial charge in [-0.2, -0.15) is 5.26 Å². The number of nitrogens with zero attached hydrogens (tertiary/aromatic N) is 1. The fourth-order valence-electron chi connectivity index (χ4n) is 1.71. The second-order valence-corrected chi connectivity index (χ2v) is 6.13. The summed E-state index contributed by atoms with van der Waals surface area (Å²) in [5, 5.41) is 10.1. The molecule has 2 nitrogen and oxygen atoms in total. The van der Waals surface area contributed by atoms with Crippen LogP contribution >= 0.6 is 34.5 Å². The normalized spacial score (nSPS) is 11.9. The van der Waals surface area contributed by atoms with E-state index in [1.807, 2.05) is 19.1 Å². The van der Waals surface area contributed by atoms with E-state index in [0.29, 0.717) is 20.5 Å². The summed E-state index contributed by atoms with van der Waals surface area (Å²) in [7, 11) is 0. The van der Waals surface area contributed by atoms with Crippen LogP contribution in [0.25, 0.3) is 0 Å². The summed E-state index contributed by atoms with van der Waals surface area (Å²) in [6.07, 6.45) is 0. The molecule has 0 bridgehead atoms. The Hall–Kier alpha value is -1.34. The van der Waals surface area contributed by atoms with E-state index in [2.05, 4.69) is 0 Å². The molecule has 0 saturated carbocycles. The molecule has 0 aliphatic rings. The Labute approximate surface area is 125 Å². The lowest BCUT2D eigenvalue weighted by molar-refractivity contribution is 0.0983. The van der Waals surface area contributed by atoms with Crippen molar-refractivity contribution in [3.8, 4) is 6.07 Å². The summed E-state index contributed by atoms with van der Waals surface area (Å²) in [6, 6.07) is 10.4. The lowest BCUT2D eigenvalue weighted by atomic mass is 9.95. The Kier molecular flexibility index (Phi) is 4.26. The fraction of sp³-hybridized carbons (Fsp3) is 0.143. The third-order valence-corrected chi connectivity index (χ3v) is 4.23. The number of hydrogen-bond acceptors (Lipinski definition) is 3. The molecule has 0 aliphatic carbocycles. The van der Waals surface area contributed by atoms with Gasteiger partial charge in [-0.05, 0) is 36.8 Å². The van der Waals surface area contributed by atoms with E-state index in [4.69, 9.17) is 23.2 Å². The van der Waals surface area contributed by atoms with Crippen LogP contribution in [0.3, 0.4) is 0 Å². The van der Waals surface area contributed by atoms with Crippen molar-refractivity contribution in [3.05, 3.63) is 55.7 Å². The number of rotatable bonds is 3. The van der Waals surface area contributed by atoms with Gasteiger partial charge in [-0.25, -0.2) is 0 Å². The summed E-state index contributed by atoms with van der Waals surface area (Å²) in [4.78, 5) is 13.9. The third kappa shape index (κ3) is 2.98. The van der Waals surface area contributed by atoms with Crippen molar-refractivity contribution < 1.29 is 4.79 Å². The van der Waals surface area contributed by atoms with E-state index >= 15 is 0 Å². The van der Waals surface area contributed by atoms with Crippen LogP contribution in [0.4, 0.5) is 0 Å². The number of nitriles is 1. The zero-order valence-corrected chi connectivity index (χ0v) is 12.3. The predicted molar refractivity (Wildman–Crippen MR) is 78.2 cm³/mol. The van der Waals surface area contributed by atoms with E-state index in [1.165, 1.54) is 17.4 Å². The molecule has 19 heavy (non-hydrogen) atoms. The number of ketones is 1. The predicted octanol–water partition coefficient (Wildman–Crippen LogP) is 4.85. The lowest BCUT2D eigenvalue weighted by Gasteiger charge is -2.09. The van der Waals surface area contributed by atoms with Crippen molar-refractivity contribution in [1.29, 1.82) is 5.26 Å². The van der Waals surface area contributed by atoms with Crippen molar-refractivity contribution in [2.45, 2.75) is 12.8 Å². The quantitative estimate of drug-likeness (QED) is 0.760. The van der Waals surface area contributed by atoms with Crippen LogP contribution in [0, 0.1) is 18.3 Å². The van der Waals surface area contributed by atoms with Gasteiger partial charge in [0.2, 0.25) is 0 Å². The number of hydrogen-bond donors (Lipinski definition) is 0. The monoisotopic (exact) mass is 309 g/mol. The minimum atomic E-state index is -0.900. The van der Waals surface area contributed by atoms with E-state index in [1.54, 1.807) is 18.2 Å². The van der Waals surface area contributed by atoms with Gasteiger partial charge >= 0.3 is 0 Å². The van der Waals surface area contributed by atoms with Crippen LogP contribution < -0.4 is 0 Å². The number of thiophene rings is 1. The van der Waals surface area contributed by atoms with Crippen molar-refractivity contribution in [2.75, 3.05) is 0 Å². The summed E-state index contributed by atoms with van der Waals surface area (Å²) in [5.74, 6) is -1.13. The molecule has 0 amide bonds. The Morgan fingerprint density at radius 2 is 2.05 bits per heavy atom. The van der Waals surface area contributed by atoms with Crippen molar-refractivity contribution >= 4 is 40.3 Å². The molecule has 2 aromatic rings. The van der Waals surface area contributed by atoms with Crippen molar-refractivity contribution in [3.63, 3.8) is 0 Å². The minimum absolute atomic E-state index is 0.232. The van der Waals surface area contributed by atoms with Gasteiger partial charge in [-0.1, -0.05) is 29.3 Å². The van der Waals surface area contributed by atoms with Crippen LogP contribution in [-0.2, 0) is 0 Å². The van der Waals surface area contributed by atoms with Crippen LogP contribution in [0.2, 0.25) is 10.0 Å². The lowest BCUT2D eigenvalue weighted by Crippen LogP contribution is -2.10. The summed E-state index contributed by atoms with van der Waals surface area (Å²) < 4.78 is 0. The molecule has 1 atom stereocenters. The first-order valence-electron chi connectivity index (χ1n) is 5.48. The molecule has 2 rings (SSSR count). The molecule has 1 aromatic heterocycles. The molecule has 1 aromatic carbocycles. The number of halogens is 2. The number of carbonyl (C=O) groups is 1. The van der Waals surface area contributed by atoms with Gasteiger partial charge in [0.05, 0.1) is 10.9 Å². The van der Waals surface area contributed by atoms with Crippen molar-refractivity contribution in [2.24, 2.45) is 0 Å². The largest absolute Gasteiger partial charge is 0.291 e. The molecule has 1 unspecified atom stereocenters. The van der Waals surface area contributed by atoms with E-state index in [0.717, 1.165) is 4.88 Å². The molecule has 0 saturated heterocycles. The van der Waals surface area contributed by atoms with Crippen LogP contribution in [0.1, 0.15) is 26.0 Å². The van der Waals surface area contributed by atoms with Crippen LogP contribution in [0.15, 0.2) is 30.3 Å². The maximum Gasteiger partial charge on any atom is 0.194 e. The van der Waals surface area contributed by atoms with E-state index in [9.17, 15) is 10.1 Å².